The average Bonchev–Trinajstić information content (AvgIpc) is 2.66. The number of rotatable bonds is 4. The van der Waals surface area contributed by atoms with Gasteiger partial charge in [-0.2, -0.15) is 5.10 Å². The monoisotopic (exact) mass is 211 g/mol. The van der Waals surface area contributed by atoms with Crippen LogP contribution in [0.3, 0.4) is 0 Å². The summed E-state index contributed by atoms with van der Waals surface area (Å²) in [5.41, 5.74) is 0. The lowest BCUT2D eigenvalue weighted by Crippen LogP contribution is -2.37. The number of likely N-dealkylation sites (N-methyl/N-ethyl adjacent to an activating group) is 1. The maximum absolute atomic E-state index is 11.4. The van der Waals surface area contributed by atoms with Crippen LogP contribution in [-0.2, 0) is 16.1 Å². The van der Waals surface area contributed by atoms with Crippen molar-refractivity contribution in [1.29, 1.82) is 0 Å². The molecule has 0 aliphatic carbocycles. The van der Waals surface area contributed by atoms with Gasteiger partial charge in [0.1, 0.15) is 12.2 Å². The van der Waals surface area contributed by atoms with E-state index in [1.54, 1.807) is 7.05 Å². The van der Waals surface area contributed by atoms with E-state index in [4.69, 9.17) is 0 Å². The van der Waals surface area contributed by atoms with Gasteiger partial charge in [0.05, 0.1) is 13.1 Å². The zero-order valence-electron chi connectivity index (χ0n) is 8.65. The van der Waals surface area contributed by atoms with Crippen LogP contribution in [0, 0.1) is 0 Å². The van der Waals surface area contributed by atoms with Gasteiger partial charge in [-0.05, 0) is 0 Å². The van der Waals surface area contributed by atoms with Crippen LogP contribution in [0.5, 0.6) is 0 Å². The molecule has 1 aromatic heterocycles. The third-order valence-electron chi connectivity index (χ3n) is 1.77. The van der Waals surface area contributed by atoms with Crippen molar-refractivity contribution in [3.8, 4) is 0 Å². The van der Waals surface area contributed by atoms with Gasteiger partial charge in [-0.1, -0.05) is 0 Å². The molecule has 0 aliphatic rings. The Labute approximate surface area is 86.9 Å². The van der Waals surface area contributed by atoms with Crippen LogP contribution in [0.15, 0.2) is 6.33 Å². The van der Waals surface area contributed by atoms with E-state index < -0.39 is 0 Å². The van der Waals surface area contributed by atoms with Crippen molar-refractivity contribution in [2.45, 2.75) is 13.5 Å². The number of nitrogens with one attached hydrogen (secondary N) is 2. The topological polar surface area (TPSA) is 91.0 Å². The zero-order valence-corrected chi connectivity index (χ0v) is 8.65. The molecule has 2 N–H and O–H groups in total. The molecule has 7 heteroatoms. The lowest BCUT2D eigenvalue weighted by atomic mass is 10.4. The molecular formula is C8H13N5O2. The van der Waals surface area contributed by atoms with Gasteiger partial charge in [-0.25, -0.2) is 4.98 Å². The number of nitrogens with zero attached hydrogens (tertiary/aromatic N) is 3. The van der Waals surface area contributed by atoms with Crippen molar-refractivity contribution >= 4 is 11.8 Å². The summed E-state index contributed by atoms with van der Waals surface area (Å²) in [6.07, 6.45) is 1.38. The van der Waals surface area contributed by atoms with Gasteiger partial charge in [0.15, 0.2) is 0 Å². The maximum atomic E-state index is 11.4. The molecule has 0 unspecified atom stereocenters. The second-order valence-electron chi connectivity index (χ2n) is 3.09. The van der Waals surface area contributed by atoms with Crippen LogP contribution in [0.2, 0.25) is 0 Å². The summed E-state index contributed by atoms with van der Waals surface area (Å²) in [6.45, 7) is 1.71. The first kappa shape index (κ1) is 11.2. The average molecular weight is 211 g/mol. The minimum Gasteiger partial charge on any atom is -0.347 e. The Morgan fingerprint density at radius 2 is 2.33 bits per heavy atom. The SMILES string of the molecule is CC(=O)NCC(=O)N(C)Cc1ncn[nH]1. The lowest BCUT2D eigenvalue weighted by molar-refractivity contribution is -0.131. The van der Waals surface area contributed by atoms with E-state index in [2.05, 4.69) is 20.5 Å². The second kappa shape index (κ2) is 5.08. The van der Waals surface area contributed by atoms with Crippen LogP contribution in [0.1, 0.15) is 12.7 Å². The van der Waals surface area contributed by atoms with Crippen molar-refractivity contribution in [2.24, 2.45) is 0 Å². The molecule has 0 aromatic carbocycles. The minimum absolute atomic E-state index is 0.0000293. The van der Waals surface area contributed by atoms with Crippen molar-refractivity contribution in [2.75, 3.05) is 13.6 Å². The van der Waals surface area contributed by atoms with Crippen LogP contribution in [0.25, 0.3) is 0 Å². The molecule has 0 spiro atoms. The summed E-state index contributed by atoms with van der Waals surface area (Å²) in [5, 5.41) is 8.74. The fourth-order valence-corrected chi connectivity index (χ4v) is 0.955. The van der Waals surface area contributed by atoms with Gasteiger partial charge >= 0.3 is 0 Å². The van der Waals surface area contributed by atoms with E-state index in [1.807, 2.05) is 0 Å². The number of aromatic nitrogens is 3. The highest BCUT2D eigenvalue weighted by Crippen LogP contribution is 1.93. The molecule has 82 valence electrons. The molecule has 2 amide bonds. The highest BCUT2D eigenvalue weighted by atomic mass is 16.2. The summed E-state index contributed by atoms with van der Waals surface area (Å²) in [5.74, 6) is 0.201. The Bertz CT molecular complexity index is 335. The van der Waals surface area contributed by atoms with Crippen molar-refractivity contribution in [3.05, 3.63) is 12.2 Å². The number of aromatic amines is 1. The molecule has 0 saturated heterocycles. The quantitative estimate of drug-likeness (QED) is 0.661. The standard InChI is InChI=1S/C8H13N5O2/c1-6(14)9-3-8(15)13(2)4-7-10-5-11-12-7/h5H,3-4H2,1-2H3,(H,9,14)(H,10,11,12). The van der Waals surface area contributed by atoms with Gasteiger partial charge in [-0.3, -0.25) is 14.7 Å². The van der Waals surface area contributed by atoms with Crippen molar-refractivity contribution in [1.82, 2.24) is 25.4 Å². The first-order valence-electron chi connectivity index (χ1n) is 4.42. The molecular weight excluding hydrogens is 198 g/mol. The van der Waals surface area contributed by atoms with Gasteiger partial charge in [0.2, 0.25) is 11.8 Å². The van der Waals surface area contributed by atoms with Gasteiger partial charge < -0.3 is 10.2 Å². The van der Waals surface area contributed by atoms with Crippen LogP contribution >= 0.6 is 0 Å². The number of hydrogen-bond donors (Lipinski definition) is 2. The summed E-state index contributed by atoms with van der Waals surface area (Å²) in [7, 11) is 1.63. The van der Waals surface area contributed by atoms with Crippen molar-refractivity contribution < 1.29 is 9.59 Å². The first-order chi connectivity index (χ1) is 7.09. The smallest absolute Gasteiger partial charge is 0.242 e. The van der Waals surface area contributed by atoms with E-state index in [-0.39, 0.29) is 18.4 Å². The third kappa shape index (κ3) is 3.75. The van der Waals surface area contributed by atoms with E-state index in [9.17, 15) is 9.59 Å². The van der Waals surface area contributed by atoms with Gasteiger partial charge in [0.25, 0.3) is 0 Å². The van der Waals surface area contributed by atoms with Crippen LogP contribution in [0.4, 0.5) is 0 Å². The van der Waals surface area contributed by atoms with Gasteiger partial charge in [-0.15, -0.1) is 0 Å². The van der Waals surface area contributed by atoms with E-state index in [1.165, 1.54) is 18.2 Å². The fourth-order valence-electron chi connectivity index (χ4n) is 0.955. The zero-order chi connectivity index (χ0) is 11.3. The predicted octanol–water partition coefficient (Wildman–Crippen LogP) is -1.10. The maximum Gasteiger partial charge on any atom is 0.242 e. The number of carbonyl (C=O) groups excluding carboxylic acids is 2. The van der Waals surface area contributed by atoms with Gasteiger partial charge in [0, 0.05) is 14.0 Å². The minimum atomic E-state index is -0.226. The molecule has 15 heavy (non-hydrogen) atoms. The largest absolute Gasteiger partial charge is 0.347 e. The van der Waals surface area contributed by atoms with E-state index in [0.29, 0.717) is 12.4 Å². The number of hydrogen-bond acceptors (Lipinski definition) is 4. The van der Waals surface area contributed by atoms with Crippen LogP contribution < -0.4 is 5.32 Å². The molecule has 7 nitrogen and oxygen atoms in total. The summed E-state index contributed by atoms with van der Waals surface area (Å²) < 4.78 is 0. The molecule has 0 saturated carbocycles. The fraction of sp³-hybridized carbons (Fsp3) is 0.500. The molecule has 1 rings (SSSR count). The molecule has 1 heterocycles. The first-order valence-corrected chi connectivity index (χ1v) is 4.42. The van der Waals surface area contributed by atoms with Crippen LogP contribution in [-0.4, -0.2) is 45.5 Å². The Balaban J connectivity index is 2.36. The molecule has 0 fully saturated rings. The Kier molecular flexibility index (Phi) is 3.78. The predicted molar refractivity (Wildman–Crippen MR) is 51.5 cm³/mol. The Morgan fingerprint density at radius 1 is 1.60 bits per heavy atom. The van der Waals surface area contributed by atoms with Crippen molar-refractivity contribution in [3.63, 3.8) is 0 Å². The normalized spacial score (nSPS) is 9.73. The lowest BCUT2D eigenvalue weighted by Gasteiger charge is -2.15. The molecule has 0 radical (unpaired) electrons. The highest BCUT2D eigenvalue weighted by molar-refractivity contribution is 5.83. The second-order valence-corrected chi connectivity index (χ2v) is 3.09. The summed E-state index contributed by atoms with van der Waals surface area (Å²) in [6, 6.07) is 0. The third-order valence-corrected chi connectivity index (χ3v) is 1.77. The Hall–Kier alpha value is -1.92. The highest BCUT2D eigenvalue weighted by Gasteiger charge is 2.10. The van der Waals surface area contributed by atoms with E-state index in [0.717, 1.165) is 0 Å². The van der Waals surface area contributed by atoms with E-state index >= 15 is 0 Å². The molecule has 0 bridgehead atoms. The number of H-pyrrole nitrogens is 1. The number of amides is 2. The molecule has 0 aliphatic heterocycles. The number of carbonyl (C=O) groups is 2. The summed E-state index contributed by atoms with van der Waals surface area (Å²) in [4.78, 5) is 27.3. The summed E-state index contributed by atoms with van der Waals surface area (Å²) >= 11 is 0. The Morgan fingerprint density at radius 3 is 2.87 bits per heavy atom. The molecule has 0 atom stereocenters. The molecule has 1 aromatic rings.